The number of benzene rings is 4. The Hall–Kier alpha value is -3.92. The van der Waals surface area contributed by atoms with Crippen molar-refractivity contribution in [1.82, 2.24) is 0 Å². The number of rotatable bonds is 5. The van der Waals surface area contributed by atoms with E-state index in [1.54, 1.807) is 42.5 Å². The normalized spacial score (nSPS) is 10.8. The monoisotopic (exact) mass is 442 g/mol. The van der Waals surface area contributed by atoms with Gasteiger partial charge in [0, 0.05) is 11.0 Å². The maximum absolute atomic E-state index is 9.91. The number of hydrogen-bond acceptors (Lipinski definition) is 4. The highest BCUT2D eigenvalue weighted by atomic mass is 16.3. The fourth-order valence-electron chi connectivity index (χ4n) is 3.65. The molecule has 0 aliphatic rings. The van der Waals surface area contributed by atoms with Gasteiger partial charge >= 0.3 is 0 Å². The molecule has 4 rings (SSSR count). The molecular weight excluding hydrogens is 412 g/mol. The number of aryl methyl sites for hydroxylation is 2. The summed E-state index contributed by atoms with van der Waals surface area (Å²) in [4.78, 5) is 0. The molecule has 0 aliphatic heterocycles. The van der Waals surface area contributed by atoms with Gasteiger partial charge in [0.1, 0.15) is 23.0 Å². The molecule has 0 fully saturated rings. The zero-order chi connectivity index (χ0) is 23.8. The third-order valence-electron chi connectivity index (χ3n) is 5.74. The van der Waals surface area contributed by atoms with Crippen LogP contribution in [0.1, 0.15) is 36.1 Å². The van der Waals surface area contributed by atoms with Gasteiger partial charge in [0.2, 0.25) is 0 Å². The number of phenolic OH excluding ortho intramolecular Hbond substituents is 4. The Balaban J connectivity index is 0.000000186. The Morgan fingerprint density at radius 1 is 0.515 bits per heavy atom. The minimum Gasteiger partial charge on any atom is -0.508 e. The molecule has 0 aliphatic carbocycles. The van der Waals surface area contributed by atoms with E-state index >= 15 is 0 Å². The first-order valence-electron chi connectivity index (χ1n) is 10.9. The molecule has 170 valence electrons. The van der Waals surface area contributed by atoms with Crippen LogP contribution in [0.25, 0.3) is 0 Å². The van der Waals surface area contributed by atoms with Crippen LogP contribution in [0.3, 0.4) is 0 Å². The molecule has 0 saturated heterocycles. The number of para-hydroxylation sites is 1. The molecule has 0 spiro atoms. The largest absolute Gasteiger partial charge is 0.508 e. The zero-order valence-corrected chi connectivity index (χ0v) is 18.9. The van der Waals surface area contributed by atoms with E-state index in [1.165, 1.54) is 11.1 Å². The van der Waals surface area contributed by atoms with Gasteiger partial charge in [-0.2, -0.15) is 0 Å². The number of aromatic hydroxyl groups is 4. The SMILES string of the molecule is CC(C)(c1ccc(O)cc1)c1ccccc1O.Oc1ccc(CCc2ccc(O)cc2)cc1. The van der Waals surface area contributed by atoms with Crippen LogP contribution in [0.5, 0.6) is 23.0 Å². The Kier molecular flexibility index (Phi) is 7.62. The van der Waals surface area contributed by atoms with Crippen LogP contribution in [0.2, 0.25) is 0 Å². The van der Waals surface area contributed by atoms with Crippen molar-refractivity contribution in [2.45, 2.75) is 32.1 Å². The minimum absolute atomic E-state index is 0.252. The van der Waals surface area contributed by atoms with Crippen LogP contribution < -0.4 is 0 Å². The average Bonchev–Trinajstić information content (AvgIpc) is 2.81. The number of phenols is 4. The van der Waals surface area contributed by atoms with Crippen molar-refractivity contribution in [2.75, 3.05) is 0 Å². The highest BCUT2D eigenvalue weighted by Crippen LogP contribution is 2.36. The first-order valence-corrected chi connectivity index (χ1v) is 10.9. The Labute approximate surface area is 195 Å². The van der Waals surface area contributed by atoms with Crippen molar-refractivity contribution in [3.8, 4) is 23.0 Å². The lowest BCUT2D eigenvalue weighted by atomic mass is 9.78. The van der Waals surface area contributed by atoms with Gasteiger partial charge in [0.25, 0.3) is 0 Å². The molecule has 4 aromatic carbocycles. The van der Waals surface area contributed by atoms with Gasteiger partial charge in [-0.05, 0) is 72.0 Å². The van der Waals surface area contributed by atoms with Crippen LogP contribution >= 0.6 is 0 Å². The quantitative estimate of drug-likeness (QED) is 0.292. The van der Waals surface area contributed by atoms with Gasteiger partial charge in [-0.25, -0.2) is 0 Å². The van der Waals surface area contributed by atoms with Gasteiger partial charge in [-0.1, -0.05) is 68.4 Å². The van der Waals surface area contributed by atoms with Gasteiger partial charge in [0.15, 0.2) is 0 Å². The first kappa shape index (κ1) is 23.7. The summed E-state index contributed by atoms with van der Waals surface area (Å²) in [6.45, 7) is 4.10. The van der Waals surface area contributed by atoms with E-state index in [4.69, 9.17) is 10.2 Å². The topological polar surface area (TPSA) is 80.9 Å². The van der Waals surface area contributed by atoms with Gasteiger partial charge < -0.3 is 20.4 Å². The second-order valence-electron chi connectivity index (χ2n) is 8.52. The van der Waals surface area contributed by atoms with Gasteiger partial charge in [0.05, 0.1) is 0 Å². The highest BCUT2D eigenvalue weighted by molar-refractivity contribution is 5.46. The molecule has 4 aromatic rings. The lowest BCUT2D eigenvalue weighted by Gasteiger charge is -2.26. The van der Waals surface area contributed by atoms with E-state index in [1.807, 2.05) is 54.6 Å². The summed E-state index contributed by atoms with van der Waals surface area (Å²) in [6.07, 6.45) is 1.87. The summed E-state index contributed by atoms with van der Waals surface area (Å²) in [5, 5.41) is 37.5. The molecule has 4 nitrogen and oxygen atoms in total. The predicted molar refractivity (Wildman–Crippen MR) is 132 cm³/mol. The fraction of sp³-hybridized carbons (Fsp3) is 0.172. The maximum atomic E-state index is 9.91. The summed E-state index contributed by atoms with van der Waals surface area (Å²) in [6, 6.07) is 28.9. The molecule has 0 unspecified atom stereocenters. The molecule has 0 atom stereocenters. The lowest BCUT2D eigenvalue weighted by molar-refractivity contribution is 0.452. The van der Waals surface area contributed by atoms with Crippen LogP contribution in [0, 0.1) is 0 Å². The standard InChI is InChI=1S/C15H16O2.C14H14O2/c1-15(2,11-7-9-12(16)10-8-11)13-5-3-4-6-14(13)17;15-13-7-3-11(4-8-13)1-2-12-5-9-14(16)10-6-12/h3-10,16-17H,1-2H3;3-10,15-16H,1-2H2. The second-order valence-corrected chi connectivity index (χ2v) is 8.52. The van der Waals surface area contributed by atoms with Crippen molar-refractivity contribution < 1.29 is 20.4 Å². The van der Waals surface area contributed by atoms with E-state index in [-0.39, 0.29) is 11.2 Å². The molecular formula is C29H30O4. The Morgan fingerprint density at radius 2 is 0.909 bits per heavy atom. The van der Waals surface area contributed by atoms with Crippen molar-refractivity contribution in [1.29, 1.82) is 0 Å². The van der Waals surface area contributed by atoms with Crippen molar-refractivity contribution in [2.24, 2.45) is 0 Å². The zero-order valence-electron chi connectivity index (χ0n) is 18.9. The van der Waals surface area contributed by atoms with E-state index in [0.29, 0.717) is 17.2 Å². The molecule has 0 bridgehead atoms. The van der Waals surface area contributed by atoms with Crippen molar-refractivity contribution in [3.05, 3.63) is 119 Å². The number of hydrogen-bond donors (Lipinski definition) is 4. The van der Waals surface area contributed by atoms with E-state index in [2.05, 4.69) is 13.8 Å². The fourth-order valence-corrected chi connectivity index (χ4v) is 3.65. The Bertz CT molecular complexity index is 1100. The van der Waals surface area contributed by atoms with E-state index < -0.39 is 0 Å². The molecule has 4 N–H and O–H groups in total. The summed E-state index contributed by atoms with van der Waals surface area (Å²) in [7, 11) is 0. The summed E-state index contributed by atoms with van der Waals surface area (Å²) < 4.78 is 0. The van der Waals surface area contributed by atoms with Gasteiger partial charge in [-0.3, -0.25) is 0 Å². The minimum atomic E-state index is -0.293. The molecule has 33 heavy (non-hydrogen) atoms. The average molecular weight is 443 g/mol. The molecule has 0 heterocycles. The Morgan fingerprint density at radius 3 is 1.33 bits per heavy atom. The van der Waals surface area contributed by atoms with Crippen LogP contribution in [-0.2, 0) is 18.3 Å². The molecule has 0 aromatic heterocycles. The molecule has 0 amide bonds. The maximum Gasteiger partial charge on any atom is 0.119 e. The van der Waals surface area contributed by atoms with Crippen molar-refractivity contribution in [3.63, 3.8) is 0 Å². The second kappa shape index (κ2) is 10.6. The summed E-state index contributed by atoms with van der Waals surface area (Å²) in [5.74, 6) is 1.15. The van der Waals surface area contributed by atoms with Crippen LogP contribution in [0.4, 0.5) is 0 Å². The third-order valence-corrected chi connectivity index (χ3v) is 5.74. The molecule has 4 heteroatoms. The molecule has 0 radical (unpaired) electrons. The lowest BCUT2D eigenvalue weighted by Crippen LogP contribution is -2.18. The third kappa shape index (κ3) is 6.53. The van der Waals surface area contributed by atoms with Crippen LogP contribution in [0.15, 0.2) is 97.1 Å². The molecule has 0 saturated carbocycles. The summed E-state index contributed by atoms with van der Waals surface area (Å²) >= 11 is 0. The van der Waals surface area contributed by atoms with Crippen LogP contribution in [-0.4, -0.2) is 20.4 Å². The van der Waals surface area contributed by atoms with Crippen molar-refractivity contribution >= 4 is 0 Å². The highest BCUT2D eigenvalue weighted by Gasteiger charge is 2.25. The van der Waals surface area contributed by atoms with E-state index in [9.17, 15) is 10.2 Å². The van der Waals surface area contributed by atoms with Gasteiger partial charge in [-0.15, -0.1) is 0 Å². The summed E-state index contributed by atoms with van der Waals surface area (Å²) in [5.41, 5.74) is 4.04. The van der Waals surface area contributed by atoms with E-state index in [0.717, 1.165) is 24.0 Å². The first-order chi connectivity index (χ1) is 15.8. The predicted octanol–water partition coefficient (Wildman–Crippen LogP) is 6.31. The smallest absolute Gasteiger partial charge is 0.119 e.